The smallest absolute Gasteiger partial charge is 0.340 e. The minimum atomic E-state index is -1.18. The number of ether oxygens (including phenoxy) is 1. The van der Waals surface area contributed by atoms with Crippen LogP contribution < -0.4 is 0 Å². The van der Waals surface area contributed by atoms with E-state index >= 15 is 0 Å². The van der Waals surface area contributed by atoms with Crippen LogP contribution in [-0.4, -0.2) is 18.2 Å². The Hall–Kier alpha value is -1.87. The standard InChI is InChI=1S/C15H14O3/c1-18-15(14(16)17)9-8-11-7-6-10-4-2-3-5-12(10)13(11)15/h2-7H,8-9H2,1H3,(H,16,17)/t15-/m0/s1. The monoisotopic (exact) mass is 242 g/mol. The Morgan fingerprint density at radius 2 is 2.06 bits per heavy atom. The van der Waals surface area contributed by atoms with Crippen LogP contribution in [0.2, 0.25) is 0 Å². The van der Waals surface area contributed by atoms with Crippen molar-refractivity contribution >= 4 is 16.7 Å². The van der Waals surface area contributed by atoms with Crippen molar-refractivity contribution in [2.75, 3.05) is 7.11 Å². The Morgan fingerprint density at radius 1 is 1.28 bits per heavy atom. The quantitative estimate of drug-likeness (QED) is 0.880. The summed E-state index contributed by atoms with van der Waals surface area (Å²) in [6.45, 7) is 0. The first-order valence-corrected chi connectivity index (χ1v) is 5.99. The van der Waals surface area contributed by atoms with Crippen LogP contribution in [0.4, 0.5) is 0 Å². The highest BCUT2D eigenvalue weighted by molar-refractivity contribution is 5.94. The van der Waals surface area contributed by atoms with E-state index in [0.717, 1.165) is 28.3 Å². The van der Waals surface area contributed by atoms with Crippen LogP contribution in [0.5, 0.6) is 0 Å². The second-order valence-electron chi connectivity index (χ2n) is 4.66. The third-order valence-corrected chi connectivity index (χ3v) is 3.86. The summed E-state index contributed by atoms with van der Waals surface area (Å²) in [7, 11) is 1.48. The summed E-state index contributed by atoms with van der Waals surface area (Å²) in [4.78, 5) is 11.6. The Bertz CT molecular complexity index is 633. The highest BCUT2D eigenvalue weighted by atomic mass is 16.5. The van der Waals surface area contributed by atoms with Crippen LogP contribution in [-0.2, 0) is 21.6 Å². The van der Waals surface area contributed by atoms with E-state index in [-0.39, 0.29) is 0 Å². The maximum absolute atomic E-state index is 11.6. The molecule has 0 amide bonds. The number of methoxy groups -OCH3 is 1. The van der Waals surface area contributed by atoms with Crippen molar-refractivity contribution in [2.24, 2.45) is 0 Å². The fraction of sp³-hybridized carbons (Fsp3) is 0.267. The molecule has 0 aliphatic heterocycles. The fourth-order valence-corrected chi connectivity index (χ4v) is 2.94. The number of benzene rings is 2. The van der Waals surface area contributed by atoms with Gasteiger partial charge in [0.25, 0.3) is 0 Å². The van der Waals surface area contributed by atoms with Gasteiger partial charge in [-0.05, 0) is 29.2 Å². The predicted octanol–water partition coefficient (Wildman–Crippen LogP) is 2.71. The normalized spacial score (nSPS) is 22.1. The molecule has 0 radical (unpaired) electrons. The number of carboxylic acids is 1. The molecule has 1 N–H and O–H groups in total. The molecular weight excluding hydrogens is 228 g/mol. The molecule has 2 aromatic rings. The molecule has 0 aromatic heterocycles. The average molecular weight is 242 g/mol. The number of hydrogen-bond acceptors (Lipinski definition) is 2. The minimum Gasteiger partial charge on any atom is -0.479 e. The Balaban J connectivity index is 2.38. The molecule has 0 unspecified atom stereocenters. The van der Waals surface area contributed by atoms with Gasteiger partial charge in [-0.25, -0.2) is 4.79 Å². The molecule has 0 bridgehead atoms. The van der Waals surface area contributed by atoms with Gasteiger partial charge >= 0.3 is 5.97 Å². The van der Waals surface area contributed by atoms with Crippen molar-refractivity contribution < 1.29 is 14.6 Å². The van der Waals surface area contributed by atoms with Gasteiger partial charge < -0.3 is 9.84 Å². The summed E-state index contributed by atoms with van der Waals surface area (Å²) < 4.78 is 5.40. The van der Waals surface area contributed by atoms with Crippen molar-refractivity contribution in [3.8, 4) is 0 Å². The van der Waals surface area contributed by atoms with Gasteiger partial charge in [-0.2, -0.15) is 0 Å². The molecule has 2 aromatic carbocycles. The first kappa shape index (κ1) is 11.2. The van der Waals surface area contributed by atoms with E-state index in [1.165, 1.54) is 7.11 Å². The van der Waals surface area contributed by atoms with E-state index in [2.05, 4.69) is 0 Å². The van der Waals surface area contributed by atoms with E-state index in [0.29, 0.717) is 6.42 Å². The molecule has 1 atom stereocenters. The summed E-state index contributed by atoms with van der Waals surface area (Å²) in [6.07, 6.45) is 1.25. The number of rotatable bonds is 2. The molecule has 3 nitrogen and oxygen atoms in total. The molecule has 1 aliphatic rings. The second kappa shape index (κ2) is 3.82. The summed E-state index contributed by atoms with van der Waals surface area (Å²) >= 11 is 0. The van der Waals surface area contributed by atoms with E-state index in [1.54, 1.807) is 0 Å². The van der Waals surface area contributed by atoms with Crippen molar-refractivity contribution in [3.05, 3.63) is 47.5 Å². The van der Waals surface area contributed by atoms with Crippen LogP contribution in [0.1, 0.15) is 17.5 Å². The maximum atomic E-state index is 11.6. The molecule has 0 fully saturated rings. The number of aliphatic carboxylic acids is 1. The predicted molar refractivity (Wildman–Crippen MR) is 68.6 cm³/mol. The molecule has 92 valence electrons. The minimum absolute atomic E-state index is 0.502. The number of fused-ring (bicyclic) bond motifs is 3. The number of hydrogen-bond donors (Lipinski definition) is 1. The van der Waals surface area contributed by atoms with E-state index in [9.17, 15) is 9.90 Å². The summed E-state index contributed by atoms with van der Waals surface area (Å²) in [5.74, 6) is -0.903. The fourth-order valence-electron chi connectivity index (χ4n) is 2.94. The number of carboxylic acid groups (broad SMARTS) is 1. The van der Waals surface area contributed by atoms with Crippen molar-refractivity contribution in [1.29, 1.82) is 0 Å². The topological polar surface area (TPSA) is 46.5 Å². The van der Waals surface area contributed by atoms with Crippen LogP contribution in [0.25, 0.3) is 10.8 Å². The van der Waals surface area contributed by atoms with Gasteiger partial charge in [0.1, 0.15) is 0 Å². The summed E-state index contributed by atoms with van der Waals surface area (Å²) in [5.41, 5.74) is 0.726. The molecular formula is C15H14O3. The summed E-state index contributed by atoms with van der Waals surface area (Å²) in [5, 5.41) is 11.6. The Morgan fingerprint density at radius 3 is 2.78 bits per heavy atom. The largest absolute Gasteiger partial charge is 0.479 e. The van der Waals surface area contributed by atoms with E-state index in [4.69, 9.17) is 4.74 Å². The Labute approximate surface area is 105 Å². The molecule has 1 aliphatic carbocycles. The SMILES string of the molecule is CO[C@@]1(C(=O)O)CCc2ccc3ccccc3c21. The first-order valence-electron chi connectivity index (χ1n) is 5.99. The van der Waals surface area contributed by atoms with Crippen molar-refractivity contribution in [1.82, 2.24) is 0 Å². The number of aryl methyl sites for hydroxylation is 1. The lowest BCUT2D eigenvalue weighted by atomic mass is 9.91. The van der Waals surface area contributed by atoms with Gasteiger partial charge in [-0.15, -0.1) is 0 Å². The zero-order chi connectivity index (χ0) is 12.8. The van der Waals surface area contributed by atoms with E-state index < -0.39 is 11.6 Å². The zero-order valence-corrected chi connectivity index (χ0v) is 10.1. The lowest BCUT2D eigenvalue weighted by Crippen LogP contribution is -2.35. The van der Waals surface area contributed by atoms with Crippen LogP contribution in [0, 0.1) is 0 Å². The van der Waals surface area contributed by atoms with Crippen LogP contribution in [0.15, 0.2) is 36.4 Å². The molecule has 3 heteroatoms. The Kier molecular flexibility index (Phi) is 2.38. The molecule has 3 rings (SSSR count). The molecule has 0 spiro atoms. The molecule has 0 saturated heterocycles. The second-order valence-corrected chi connectivity index (χ2v) is 4.66. The highest BCUT2D eigenvalue weighted by Crippen LogP contribution is 2.43. The lowest BCUT2D eigenvalue weighted by Gasteiger charge is -2.25. The molecule has 0 heterocycles. The third-order valence-electron chi connectivity index (χ3n) is 3.86. The zero-order valence-electron chi connectivity index (χ0n) is 10.1. The van der Waals surface area contributed by atoms with Gasteiger partial charge in [0.2, 0.25) is 0 Å². The summed E-state index contributed by atoms with van der Waals surface area (Å²) in [6, 6.07) is 11.9. The van der Waals surface area contributed by atoms with E-state index in [1.807, 2.05) is 36.4 Å². The van der Waals surface area contributed by atoms with Gasteiger partial charge in [-0.1, -0.05) is 36.4 Å². The maximum Gasteiger partial charge on any atom is 0.340 e. The van der Waals surface area contributed by atoms with Crippen LogP contribution in [0.3, 0.4) is 0 Å². The first-order chi connectivity index (χ1) is 8.69. The van der Waals surface area contributed by atoms with Crippen molar-refractivity contribution in [3.63, 3.8) is 0 Å². The van der Waals surface area contributed by atoms with Crippen molar-refractivity contribution in [2.45, 2.75) is 18.4 Å². The van der Waals surface area contributed by atoms with Gasteiger partial charge in [0.15, 0.2) is 5.60 Å². The molecule has 0 saturated carbocycles. The highest BCUT2D eigenvalue weighted by Gasteiger charge is 2.47. The average Bonchev–Trinajstić information content (AvgIpc) is 2.79. The van der Waals surface area contributed by atoms with Gasteiger partial charge in [0, 0.05) is 12.7 Å². The van der Waals surface area contributed by atoms with Gasteiger partial charge in [-0.3, -0.25) is 0 Å². The van der Waals surface area contributed by atoms with Crippen LogP contribution >= 0.6 is 0 Å². The molecule has 18 heavy (non-hydrogen) atoms. The number of carbonyl (C=O) groups is 1. The van der Waals surface area contributed by atoms with Gasteiger partial charge in [0.05, 0.1) is 0 Å². The lowest BCUT2D eigenvalue weighted by molar-refractivity contribution is -0.163. The third kappa shape index (κ3) is 1.31.